The van der Waals surface area contributed by atoms with Gasteiger partial charge in [-0.1, -0.05) is 25.6 Å². The van der Waals surface area contributed by atoms with E-state index >= 15 is 0 Å². The van der Waals surface area contributed by atoms with E-state index in [9.17, 15) is 9.18 Å². The Bertz CT molecular complexity index is 749. The second-order valence-corrected chi connectivity index (χ2v) is 7.09. The Morgan fingerprint density at radius 1 is 1.38 bits per heavy atom. The summed E-state index contributed by atoms with van der Waals surface area (Å²) in [4.78, 5) is 12.1. The number of aromatic nitrogens is 3. The number of carbonyl (C=O) groups excluding carboxylic acids is 1. The van der Waals surface area contributed by atoms with Gasteiger partial charge in [0.15, 0.2) is 16.7 Å². The predicted octanol–water partition coefficient (Wildman–Crippen LogP) is 3.17. The number of halogens is 1. The minimum atomic E-state index is -0.550. The van der Waals surface area contributed by atoms with Gasteiger partial charge < -0.3 is 14.6 Å². The third kappa shape index (κ3) is 5.20. The van der Waals surface area contributed by atoms with Crippen LogP contribution in [0, 0.1) is 11.7 Å². The van der Waals surface area contributed by atoms with Gasteiger partial charge in [0, 0.05) is 25.1 Å². The Labute approximate surface area is 157 Å². The zero-order valence-electron chi connectivity index (χ0n) is 15.6. The lowest BCUT2D eigenvalue weighted by atomic mass is 10.2. The topological polar surface area (TPSA) is 69.0 Å². The maximum absolute atomic E-state index is 13.7. The Kier molecular flexibility index (Phi) is 7.44. The summed E-state index contributed by atoms with van der Waals surface area (Å²) in [7, 11) is 1.39. The molecule has 0 bridgehead atoms. The molecular formula is C18H25FN4O2S. The van der Waals surface area contributed by atoms with Gasteiger partial charge in [-0.15, -0.1) is 10.2 Å². The SMILES string of the molecule is COc1ccc(C(=O)NCCCc2nnc(SC)n2CC(C)C)cc1F. The third-order valence-electron chi connectivity index (χ3n) is 3.80. The van der Waals surface area contributed by atoms with E-state index in [2.05, 4.69) is 33.9 Å². The van der Waals surface area contributed by atoms with Crippen molar-refractivity contribution in [3.05, 3.63) is 35.4 Å². The summed E-state index contributed by atoms with van der Waals surface area (Å²) in [6, 6.07) is 4.17. The van der Waals surface area contributed by atoms with Gasteiger partial charge in [0.1, 0.15) is 5.82 Å². The number of hydrogen-bond acceptors (Lipinski definition) is 5. The van der Waals surface area contributed by atoms with Crippen LogP contribution in [0.4, 0.5) is 4.39 Å². The molecule has 6 nitrogen and oxygen atoms in total. The zero-order valence-corrected chi connectivity index (χ0v) is 16.4. The Balaban J connectivity index is 1.88. The first kappa shape index (κ1) is 20.2. The van der Waals surface area contributed by atoms with Crippen LogP contribution in [-0.2, 0) is 13.0 Å². The summed E-state index contributed by atoms with van der Waals surface area (Å²) in [6.45, 7) is 5.66. The number of methoxy groups -OCH3 is 1. The molecule has 2 rings (SSSR count). The van der Waals surface area contributed by atoms with Crippen LogP contribution in [0.1, 0.15) is 36.5 Å². The third-order valence-corrected chi connectivity index (χ3v) is 4.47. The smallest absolute Gasteiger partial charge is 0.251 e. The van der Waals surface area contributed by atoms with Crippen LogP contribution in [0.15, 0.2) is 23.4 Å². The van der Waals surface area contributed by atoms with Gasteiger partial charge in [-0.2, -0.15) is 0 Å². The molecule has 26 heavy (non-hydrogen) atoms. The Hall–Kier alpha value is -2.09. The minimum Gasteiger partial charge on any atom is -0.494 e. The molecule has 1 aromatic carbocycles. The minimum absolute atomic E-state index is 0.121. The van der Waals surface area contributed by atoms with Crippen LogP contribution >= 0.6 is 11.8 Å². The number of nitrogens with one attached hydrogen (secondary N) is 1. The average molecular weight is 380 g/mol. The van der Waals surface area contributed by atoms with Gasteiger partial charge in [0.2, 0.25) is 0 Å². The van der Waals surface area contributed by atoms with Crippen molar-refractivity contribution in [1.82, 2.24) is 20.1 Å². The standard InChI is InChI=1S/C18H25FN4O2S/c1-12(2)11-23-16(21-22-18(23)26-4)6-5-9-20-17(24)13-7-8-15(25-3)14(19)10-13/h7-8,10,12H,5-6,9,11H2,1-4H3,(H,20,24). The molecular weight excluding hydrogens is 355 g/mol. The lowest BCUT2D eigenvalue weighted by Crippen LogP contribution is -2.25. The quantitative estimate of drug-likeness (QED) is 0.535. The first-order chi connectivity index (χ1) is 12.5. The van der Waals surface area contributed by atoms with Crippen LogP contribution in [0.25, 0.3) is 0 Å². The summed E-state index contributed by atoms with van der Waals surface area (Å²) in [6.07, 6.45) is 3.44. The number of nitrogens with zero attached hydrogens (tertiary/aromatic N) is 3. The van der Waals surface area contributed by atoms with Gasteiger partial charge in [-0.25, -0.2) is 4.39 Å². The second kappa shape index (κ2) is 9.56. The van der Waals surface area contributed by atoms with Gasteiger partial charge >= 0.3 is 0 Å². The molecule has 0 fully saturated rings. The Morgan fingerprint density at radius 3 is 2.77 bits per heavy atom. The fraction of sp³-hybridized carbons (Fsp3) is 0.500. The number of hydrogen-bond donors (Lipinski definition) is 1. The number of aryl methyl sites for hydroxylation is 1. The van der Waals surface area contributed by atoms with Crippen molar-refractivity contribution in [1.29, 1.82) is 0 Å². The van der Waals surface area contributed by atoms with Crippen molar-refractivity contribution in [2.24, 2.45) is 5.92 Å². The van der Waals surface area contributed by atoms with Gasteiger partial charge in [0.25, 0.3) is 5.91 Å². The molecule has 1 amide bonds. The van der Waals surface area contributed by atoms with E-state index < -0.39 is 5.82 Å². The van der Waals surface area contributed by atoms with E-state index in [-0.39, 0.29) is 17.2 Å². The number of rotatable bonds is 9. The molecule has 0 aliphatic carbocycles. The highest BCUT2D eigenvalue weighted by molar-refractivity contribution is 7.98. The zero-order chi connectivity index (χ0) is 19.1. The normalized spacial score (nSPS) is 11.0. The van der Waals surface area contributed by atoms with Crippen LogP contribution in [0.5, 0.6) is 5.75 Å². The maximum atomic E-state index is 13.7. The van der Waals surface area contributed by atoms with E-state index in [1.807, 2.05) is 6.26 Å². The molecule has 1 N–H and O–H groups in total. The van der Waals surface area contributed by atoms with E-state index in [1.165, 1.54) is 19.2 Å². The van der Waals surface area contributed by atoms with Gasteiger partial charge in [-0.3, -0.25) is 4.79 Å². The molecule has 0 saturated heterocycles. The van der Waals surface area contributed by atoms with Crippen molar-refractivity contribution in [3.8, 4) is 5.75 Å². The number of benzene rings is 1. The molecule has 0 aliphatic heterocycles. The van der Waals surface area contributed by atoms with Crippen molar-refractivity contribution in [2.45, 2.75) is 38.4 Å². The highest BCUT2D eigenvalue weighted by Crippen LogP contribution is 2.18. The molecule has 0 spiro atoms. The molecule has 0 atom stereocenters. The number of ether oxygens (including phenoxy) is 1. The fourth-order valence-electron chi connectivity index (χ4n) is 2.56. The van der Waals surface area contributed by atoms with Crippen molar-refractivity contribution in [2.75, 3.05) is 19.9 Å². The van der Waals surface area contributed by atoms with E-state index in [4.69, 9.17) is 4.74 Å². The molecule has 1 aromatic heterocycles. The number of amides is 1. The molecule has 142 valence electrons. The summed E-state index contributed by atoms with van der Waals surface area (Å²) in [5.41, 5.74) is 0.274. The summed E-state index contributed by atoms with van der Waals surface area (Å²) in [5.74, 6) is 0.690. The molecule has 2 aromatic rings. The first-order valence-corrected chi connectivity index (χ1v) is 9.76. The molecule has 0 saturated carbocycles. The highest BCUT2D eigenvalue weighted by Gasteiger charge is 2.13. The molecule has 8 heteroatoms. The largest absolute Gasteiger partial charge is 0.494 e. The van der Waals surface area contributed by atoms with Crippen LogP contribution in [0.2, 0.25) is 0 Å². The molecule has 1 heterocycles. The van der Waals surface area contributed by atoms with Crippen molar-refractivity contribution in [3.63, 3.8) is 0 Å². The fourth-order valence-corrected chi connectivity index (χ4v) is 3.08. The van der Waals surface area contributed by atoms with E-state index in [1.54, 1.807) is 17.8 Å². The maximum Gasteiger partial charge on any atom is 0.251 e. The number of thioether (sulfide) groups is 1. The van der Waals surface area contributed by atoms with Gasteiger partial charge in [0.05, 0.1) is 7.11 Å². The van der Waals surface area contributed by atoms with Crippen LogP contribution in [0.3, 0.4) is 0 Å². The predicted molar refractivity (Wildman–Crippen MR) is 100 cm³/mol. The summed E-state index contributed by atoms with van der Waals surface area (Å²) < 4.78 is 20.7. The van der Waals surface area contributed by atoms with Gasteiger partial charge in [-0.05, 0) is 36.8 Å². The number of carbonyl (C=O) groups is 1. The van der Waals surface area contributed by atoms with Crippen molar-refractivity contribution >= 4 is 17.7 Å². The van der Waals surface area contributed by atoms with Crippen LogP contribution < -0.4 is 10.1 Å². The lowest BCUT2D eigenvalue weighted by molar-refractivity contribution is 0.0952. The van der Waals surface area contributed by atoms with Crippen molar-refractivity contribution < 1.29 is 13.9 Å². The molecule has 0 unspecified atom stereocenters. The monoisotopic (exact) mass is 380 g/mol. The molecule has 0 aliphatic rings. The van der Waals surface area contributed by atoms with E-state index in [0.29, 0.717) is 12.5 Å². The summed E-state index contributed by atoms with van der Waals surface area (Å²) in [5, 5.41) is 12.2. The average Bonchev–Trinajstić information content (AvgIpc) is 2.99. The first-order valence-electron chi connectivity index (χ1n) is 8.54. The van der Waals surface area contributed by atoms with E-state index in [0.717, 1.165) is 30.4 Å². The second-order valence-electron chi connectivity index (χ2n) is 6.32. The van der Waals surface area contributed by atoms with Crippen LogP contribution in [-0.4, -0.2) is 40.6 Å². The lowest BCUT2D eigenvalue weighted by Gasteiger charge is -2.12. The Morgan fingerprint density at radius 2 is 2.15 bits per heavy atom. The highest BCUT2D eigenvalue weighted by atomic mass is 32.2. The molecule has 0 radical (unpaired) electrons. The summed E-state index contributed by atoms with van der Waals surface area (Å²) >= 11 is 1.58.